The second-order valence-corrected chi connectivity index (χ2v) is 4.26. The number of hydrogen-bond acceptors (Lipinski definition) is 3. The number of rotatable bonds is 5. The number of nitrogens with one attached hydrogen (secondary N) is 1. The monoisotopic (exact) mass is 242 g/mol. The summed E-state index contributed by atoms with van der Waals surface area (Å²) in [7, 11) is 0. The third-order valence-electron chi connectivity index (χ3n) is 2.99. The molecule has 1 unspecified atom stereocenters. The van der Waals surface area contributed by atoms with Crippen molar-refractivity contribution >= 4 is 11.4 Å². The van der Waals surface area contributed by atoms with Crippen molar-refractivity contribution in [2.75, 3.05) is 24.2 Å². The van der Waals surface area contributed by atoms with Gasteiger partial charge in [-0.3, -0.25) is 0 Å². The second kappa shape index (κ2) is 6.07. The van der Waals surface area contributed by atoms with E-state index in [2.05, 4.69) is 5.32 Å². The van der Waals surface area contributed by atoms with Gasteiger partial charge >= 0.3 is 0 Å². The first-order chi connectivity index (χ1) is 8.81. The molecular formula is C15H18N2O. The lowest BCUT2D eigenvalue weighted by molar-refractivity contribution is 0.270. The van der Waals surface area contributed by atoms with Crippen molar-refractivity contribution in [3.05, 3.63) is 60.2 Å². The van der Waals surface area contributed by atoms with E-state index in [0.717, 1.165) is 16.9 Å². The molecule has 2 rings (SSSR count). The van der Waals surface area contributed by atoms with E-state index in [4.69, 9.17) is 5.73 Å². The molecule has 0 radical (unpaired) electrons. The lowest BCUT2D eigenvalue weighted by Crippen LogP contribution is -2.16. The third kappa shape index (κ3) is 3.02. The number of aliphatic hydroxyl groups is 1. The van der Waals surface area contributed by atoms with Crippen LogP contribution in [0.2, 0.25) is 0 Å². The summed E-state index contributed by atoms with van der Waals surface area (Å²) in [6.07, 6.45) is 0. The molecule has 94 valence electrons. The Balaban J connectivity index is 2.02. The highest BCUT2D eigenvalue weighted by Gasteiger charge is 2.10. The van der Waals surface area contributed by atoms with Gasteiger partial charge < -0.3 is 16.2 Å². The Hall–Kier alpha value is -2.00. The fraction of sp³-hybridized carbons (Fsp3) is 0.200. The van der Waals surface area contributed by atoms with Gasteiger partial charge in [-0.05, 0) is 17.7 Å². The van der Waals surface area contributed by atoms with Crippen LogP contribution >= 0.6 is 0 Å². The molecule has 2 aromatic carbocycles. The van der Waals surface area contributed by atoms with Crippen molar-refractivity contribution in [1.82, 2.24) is 0 Å². The summed E-state index contributed by atoms with van der Waals surface area (Å²) in [5, 5.41) is 12.7. The molecule has 0 aliphatic carbocycles. The maximum atomic E-state index is 9.46. The van der Waals surface area contributed by atoms with Gasteiger partial charge in [-0.25, -0.2) is 0 Å². The maximum Gasteiger partial charge on any atom is 0.0574 e. The van der Waals surface area contributed by atoms with Gasteiger partial charge in [0.05, 0.1) is 18.0 Å². The quantitative estimate of drug-likeness (QED) is 0.706. The Morgan fingerprint density at radius 3 is 2.33 bits per heavy atom. The van der Waals surface area contributed by atoms with Crippen LogP contribution in [0.15, 0.2) is 54.6 Å². The highest BCUT2D eigenvalue weighted by atomic mass is 16.3. The van der Waals surface area contributed by atoms with Crippen molar-refractivity contribution < 1.29 is 5.11 Å². The molecule has 0 saturated carbocycles. The van der Waals surface area contributed by atoms with Crippen LogP contribution in [0.1, 0.15) is 11.5 Å². The summed E-state index contributed by atoms with van der Waals surface area (Å²) in [5.74, 6) is 0.0748. The van der Waals surface area contributed by atoms with E-state index in [1.54, 1.807) is 0 Å². The Bertz CT molecular complexity index is 485. The van der Waals surface area contributed by atoms with E-state index in [1.165, 1.54) is 0 Å². The van der Waals surface area contributed by atoms with E-state index < -0.39 is 0 Å². The molecule has 0 aromatic heterocycles. The Labute approximate surface area is 107 Å². The zero-order valence-electron chi connectivity index (χ0n) is 10.2. The Morgan fingerprint density at radius 1 is 1.00 bits per heavy atom. The number of anilines is 2. The first-order valence-corrected chi connectivity index (χ1v) is 6.05. The van der Waals surface area contributed by atoms with Crippen molar-refractivity contribution in [2.24, 2.45) is 0 Å². The topological polar surface area (TPSA) is 58.3 Å². The molecule has 0 saturated heterocycles. The van der Waals surface area contributed by atoms with Gasteiger partial charge in [-0.15, -0.1) is 0 Å². The highest BCUT2D eigenvalue weighted by molar-refractivity contribution is 5.65. The van der Waals surface area contributed by atoms with Gasteiger partial charge in [-0.2, -0.15) is 0 Å². The zero-order chi connectivity index (χ0) is 12.8. The predicted octanol–water partition coefficient (Wildman–Crippen LogP) is 2.46. The molecule has 0 bridgehead atoms. The average molecular weight is 242 g/mol. The lowest BCUT2D eigenvalue weighted by atomic mass is 10.00. The summed E-state index contributed by atoms with van der Waals surface area (Å²) in [6, 6.07) is 17.6. The van der Waals surface area contributed by atoms with Crippen molar-refractivity contribution in [3.63, 3.8) is 0 Å². The third-order valence-corrected chi connectivity index (χ3v) is 2.99. The fourth-order valence-electron chi connectivity index (χ4n) is 1.90. The van der Waals surface area contributed by atoms with E-state index >= 15 is 0 Å². The van der Waals surface area contributed by atoms with E-state index in [9.17, 15) is 5.11 Å². The highest BCUT2D eigenvalue weighted by Crippen LogP contribution is 2.20. The van der Waals surface area contributed by atoms with Crippen LogP contribution in [0.5, 0.6) is 0 Å². The molecule has 0 spiro atoms. The number of hydrogen-bond donors (Lipinski definition) is 3. The van der Waals surface area contributed by atoms with Gasteiger partial charge in [0, 0.05) is 12.5 Å². The number of aliphatic hydroxyl groups excluding tert-OH is 1. The van der Waals surface area contributed by atoms with E-state index in [1.807, 2.05) is 54.6 Å². The summed E-state index contributed by atoms with van der Waals surface area (Å²) in [5.41, 5.74) is 8.62. The first kappa shape index (κ1) is 12.5. The first-order valence-electron chi connectivity index (χ1n) is 6.05. The fourth-order valence-corrected chi connectivity index (χ4v) is 1.90. The molecule has 18 heavy (non-hydrogen) atoms. The molecule has 1 atom stereocenters. The standard InChI is InChI=1S/C15H18N2O/c16-14-8-4-5-9-15(14)17-10-13(11-18)12-6-2-1-3-7-12/h1-9,13,17-18H,10-11,16H2. The smallest absolute Gasteiger partial charge is 0.0574 e. The predicted molar refractivity (Wildman–Crippen MR) is 75.6 cm³/mol. The summed E-state index contributed by atoms with van der Waals surface area (Å²) in [6.45, 7) is 0.776. The van der Waals surface area contributed by atoms with E-state index in [0.29, 0.717) is 6.54 Å². The number of para-hydroxylation sites is 2. The zero-order valence-corrected chi connectivity index (χ0v) is 10.2. The Morgan fingerprint density at radius 2 is 1.67 bits per heavy atom. The van der Waals surface area contributed by atoms with Crippen LogP contribution in [0.3, 0.4) is 0 Å². The lowest BCUT2D eigenvalue weighted by Gasteiger charge is -2.17. The molecular weight excluding hydrogens is 224 g/mol. The van der Waals surface area contributed by atoms with Crippen LogP contribution in [0.4, 0.5) is 11.4 Å². The summed E-state index contributed by atoms with van der Waals surface area (Å²) >= 11 is 0. The average Bonchev–Trinajstić information content (AvgIpc) is 2.42. The van der Waals surface area contributed by atoms with Gasteiger partial charge in [0.1, 0.15) is 0 Å². The summed E-state index contributed by atoms with van der Waals surface area (Å²) in [4.78, 5) is 0. The van der Waals surface area contributed by atoms with Crippen LogP contribution in [-0.2, 0) is 0 Å². The molecule has 0 amide bonds. The second-order valence-electron chi connectivity index (χ2n) is 4.26. The van der Waals surface area contributed by atoms with E-state index in [-0.39, 0.29) is 12.5 Å². The van der Waals surface area contributed by atoms with Crippen molar-refractivity contribution in [2.45, 2.75) is 5.92 Å². The van der Waals surface area contributed by atoms with Crippen molar-refractivity contribution in [3.8, 4) is 0 Å². The maximum absolute atomic E-state index is 9.46. The number of benzene rings is 2. The molecule has 0 aliphatic rings. The number of nitrogens with two attached hydrogens (primary N) is 1. The largest absolute Gasteiger partial charge is 0.397 e. The van der Waals surface area contributed by atoms with Crippen LogP contribution in [0.25, 0.3) is 0 Å². The van der Waals surface area contributed by atoms with Crippen molar-refractivity contribution in [1.29, 1.82) is 0 Å². The summed E-state index contributed by atoms with van der Waals surface area (Å²) < 4.78 is 0. The van der Waals surface area contributed by atoms with Gasteiger partial charge in [-0.1, -0.05) is 42.5 Å². The van der Waals surface area contributed by atoms with Crippen LogP contribution in [0, 0.1) is 0 Å². The minimum Gasteiger partial charge on any atom is -0.397 e. The minimum absolute atomic E-state index is 0.0748. The van der Waals surface area contributed by atoms with Gasteiger partial charge in [0.15, 0.2) is 0 Å². The Kier molecular flexibility index (Phi) is 4.20. The molecule has 0 aliphatic heterocycles. The van der Waals surface area contributed by atoms with Gasteiger partial charge in [0.2, 0.25) is 0 Å². The molecule has 3 nitrogen and oxygen atoms in total. The molecule has 0 heterocycles. The van der Waals surface area contributed by atoms with Crippen LogP contribution in [-0.4, -0.2) is 18.3 Å². The normalized spacial score (nSPS) is 12.1. The molecule has 2 aromatic rings. The number of nitrogen functional groups attached to an aromatic ring is 1. The van der Waals surface area contributed by atoms with Crippen LogP contribution < -0.4 is 11.1 Å². The SMILES string of the molecule is Nc1ccccc1NCC(CO)c1ccccc1. The minimum atomic E-state index is 0.0748. The molecule has 3 heteroatoms. The molecule has 0 fully saturated rings. The van der Waals surface area contributed by atoms with Gasteiger partial charge in [0.25, 0.3) is 0 Å². The molecule has 4 N–H and O–H groups in total.